The zero-order chi connectivity index (χ0) is 15.9. The Morgan fingerprint density at radius 1 is 0.913 bits per heavy atom. The molecule has 0 radical (unpaired) electrons. The molecule has 0 spiro atoms. The lowest BCUT2D eigenvalue weighted by molar-refractivity contribution is 0.0626. The Bertz CT molecular complexity index is 699. The highest BCUT2D eigenvalue weighted by molar-refractivity contribution is 5.53. The summed E-state index contributed by atoms with van der Waals surface area (Å²) in [6.45, 7) is 0.316. The number of benzene rings is 2. The number of ether oxygens (including phenoxy) is 2. The number of aliphatic hydroxyl groups excluding tert-OH is 1. The molecule has 1 unspecified atom stereocenters. The highest BCUT2D eigenvalue weighted by atomic mass is 16.5. The quantitative estimate of drug-likeness (QED) is 0.722. The number of rotatable bonds is 7. The van der Waals surface area contributed by atoms with Crippen LogP contribution in [0.5, 0.6) is 11.5 Å². The molecule has 2 aromatic carbocycles. The Kier molecular flexibility index (Phi) is 4.85. The van der Waals surface area contributed by atoms with Crippen molar-refractivity contribution in [3.8, 4) is 23.0 Å². The van der Waals surface area contributed by atoms with Crippen molar-refractivity contribution in [3.63, 3.8) is 0 Å². The summed E-state index contributed by atoms with van der Waals surface area (Å²) in [5.74, 6) is 1.82. The number of para-hydroxylation sites is 1. The normalized spacial score (nSPS) is 11.9. The molecule has 0 aliphatic rings. The van der Waals surface area contributed by atoms with Gasteiger partial charge in [-0.2, -0.15) is 0 Å². The number of hydrogen-bond acceptors (Lipinski definition) is 6. The zero-order valence-electron chi connectivity index (χ0n) is 12.3. The Hall–Kier alpha value is -2.86. The first-order valence-electron chi connectivity index (χ1n) is 7.16. The zero-order valence-corrected chi connectivity index (χ0v) is 12.3. The molecule has 6 heteroatoms. The van der Waals surface area contributed by atoms with Crippen molar-refractivity contribution >= 4 is 0 Å². The molecule has 1 aromatic heterocycles. The van der Waals surface area contributed by atoms with Crippen LogP contribution in [-0.2, 0) is 0 Å². The predicted octanol–water partition coefficient (Wildman–Crippen LogP) is 2.56. The minimum atomic E-state index is -0.717. The minimum absolute atomic E-state index is 0.146. The maximum atomic E-state index is 9.89. The molecule has 3 rings (SSSR count). The lowest BCUT2D eigenvalue weighted by Crippen LogP contribution is -2.25. The van der Waals surface area contributed by atoms with Gasteiger partial charge in [-0.1, -0.05) is 18.2 Å². The van der Waals surface area contributed by atoms with Gasteiger partial charge in [0, 0.05) is 5.56 Å². The third-order valence-electron chi connectivity index (χ3n) is 3.09. The van der Waals surface area contributed by atoms with Gasteiger partial charge >= 0.3 is 0 Å². The molecule has 0 bridgehead atoms. The second-order valence-corrected chi connectivity index (χ2v) is 4.86. The molecule has 0 aliphatic heterocycles. The summed E-state index contributed by atoms with van der Waals surface area (Å²) in [7, 11) is 0. The second kappa shape index (κ2) is 7.42. The van der Waals surface area contributed by atoms with Gasteiger partial charge in [-0.3, -0.25) is 0 Å². The van der Waals surface area contributed by atoms with Crippen LogP contribution >= 0.6 is 0 Å². The van der Waals surface area contributed by atoms with Crippen LogP contribution in [-0.4, -0.2) is 34.6 Å². The Morgan fingerprint density at radius 2 is 1.57 bits per heavy atom. The van der Waals surface area contributed by atoms with Crippen LogP contribution in [0.1, 0.15) is 0 Å². The fourth-order valence-electron chi connectivity index (χ4n) is 1.94. The average Bonchev–Trinajstić information content (AvgIpc) is 3.14. The van der Waals surface area contributed by atoms with Gasteiger partial charge in [0.15, 0.2) is 0 Å². The fourth-order valence-corrected chi connectivity index (χ4v) is 1.94. The van der Waals surface area contributed by atoms with Gasteiger partial charge in [0.05, 0.1) is 0 Å². The maximum Gasteiger partial charge on any atom is 0.247 e. The molecule has 0 amide bonds. The van der Waals surface area contributed by atoms with E-state index in [2.05, 4.69) is 10.2 Å². The van der Waals surface area contributed by atoms with Crippen molar-refractivity contribution in [2.45, 2.75) is 6.10 Å². The molecule has 0 aliphatic carbocycles. The lowest BCUT2D eigenvalue weighted by Gasteiger charge is -2.13. The van der Waals surface area contributed by atoms with Gasteiger partial charge in [0.2, 0.25) is 12.3 Å². The Morgan fingerprint density at radius 3 is 2.17 bits per heavy atom. The van der Waals surface area contributed by atoms with Crippen LogP contribution in [0.3, 0.4) is 0 Å². The summed E-state index contributed by atoms with van der Waals surface area (Å²) >= 11 is 0. The molecule has 1 atom stereocenters. The molecule has 0 saturated heterocycles. The van der Waals surface area contributed by atoms with Crippen LogP contribution in [0.25, 0.3) is 11.5 Å². The smallest absolute Gasteiger partial charge is 0.247 e. The van der Waals surface area contributed by atoms with Crippen molar-refractivity contribution in [1.82, 2.24) is 10.2 Å². The standard InChI is InChI=1S/C17H16N2O4/c20-14(10-21-15-4-2-1-3-5-15)11-22-16-8-6-13(7-9-16)17-19-18-12-23-17/h1-9,12,14,20H,10-11H2. The van der Waals surface area contributed by atoms with E-state index >= 15 is 0 Å². The summed E-state index contributed by atoms with van der Waals surface area (Å²) in [6.07, 6.45) is 0.564. The molecule has 1 N–H and O–H groups in total. The summed E-state index contributed by atoms with van der Waals surface area (Å²) in [6, 6.07) is 16.5. The number of hydrogen-bond donors (Lipinski definition) is 1. The molecule has 0 fully saturated rings. The summed E-state index contributed by atoms with van der Waals surface area (Å²) < 4.78 is 16.1. The lowest BCUT2D eigenvalue weighted by atomic mass is 10.2. The SMILES string of the molecule is OC(COc1ccccc1)COc1ccc(-c2nnco2)cc1. The van der Waals surface area contributed by atoms with Crippen LogP contribution < -0.4 is 9.47 Å². The van der Waals surface area contributed by atoms with E-state index in [0.29, 0.717) is 11.6 Å². The van der Waals surface area contributed by atoms with Gasteiger partial charge in [-0.15, -0.1) is 10.2 Å². The van der Waals surface area contributed by atoms with Gasteiger partial charge < -0.3 is 19.0 Å². The predicted molar refractivity (Wildman–Crippen MR) is 83.2 cm³/mol. The molecule has 1 heterocycles. The number of aliphatic hydroxyl groups is 1. The highest BCUT2D eigenvalue weighted by Gasteiger charge is 2.08. The summed E-state index contributed by atoms with van der Waals surface area (Å²) in [4.78, 5) is 0. The van der Waals surface area contributed by atoms with Crippen molar-refractivity contribution in [2.24, 2.45) is 0 Å². The van der Waals surface area contributed by atoms with E-state index in [1.54, 1.807) is 12.1 Å². The molecule has 3 aromatic rings. The van der Waals surface area contributed by atoms with Gasteiger partial charge in [0.25, 0.3) is 0 Å². The first kappa shape index (κ1) is 15.1. The van der Waals surface area contributed by atoms with Gasteiger partial charge in [-0.25, -0.2) is 0 Å². The third-order valence-corrected chi connectivity index (χ3v) is 3.09. The Balaban J connectivity index is 1.46. The second-order valence-electron chi connectivity index (χ2n) is 4.86. The van der Waals surface area contributed by atoms with Crippen molar-refractivity contribution in [3.05, 3.63) is 61.0 Å². The number of nitrogens with zero attached hydrogens (tertiary/aromatic N) is 2. The van der Waals surface area contributed by atoms with E-state index in [1.165, 1.54) is 6.39 Å². The van der Waals surface area contributed by atoms with E-state index < -0.39 is 6.10 Å². The van der Waals surface area contributed by atoms with E-state index in [4.69, 9.17) is 13.9 Å². The van der Waals surface area contributed by atoms with Crippen molar-refractivity contribution < 1.29 is 19.0 Å². The average molecular weight is 312 g/mol. The molecule has 6 nitrogen and oxygen atoms in total. The highest BCUT2D eigenvalue weighted by Crippen LogP contribution is 2.20. The van der Waals surface area contributed by atoms with E-state index in [0.717, 1.165) is 11.3 Å². The first-order valence-corrected chi connectivity index (χ1v) is 7.16. The van der Waals surface area contributed by atoms with Crippen LogP contribution in [0.15, 0.2) is 65.4 Å². The summed E-state index contributed by atoms with van der Waals surface area (Å²) in [5.41, 5.74) is 0.808. The fraction of sp³-hybridized carbons (Fsp3) is 0.176. The minimum Gasteiger partial charge on any atom is -0.491 e. The van der Waals surface area contributed by atoms with E-state index in [9.17, 15) is 5.11 Å². The Labute approximate surface area is 133 Å². The van der Waals surface area contributed by atoms with Crippen LogP contribution in [0.4, 0.5) is 0 Å². The molecule has 23 heavy (non-hydrogen) atoms. The number of aromatic nitrogens is 2. The van der Waals surface area contributed by atoms with Gasteiger partial charge in [0.1, 0.15) is 30.8 Å². The molecule has 118 valence electrons. The largest absolute Gasteiger partial charge is 0.491 e. The third kappa shape index (κ3) is 4.31. The van der Waals surface area contributed by atoms with Gasteiger partial charge in [-0.05, 0) is 36.4 Å². The molecular formula is C17H16N2O4. The first-order chi connectivity index (χ1) is 11.3. The molecular weight excluding hydrogens is 296 g/mol. The van der Waals surface area contributed by atoms with Crippen molar-refractivity contribution in [2.75, 3.05) is 13.2 Å². The maximum absolute atomic E-state index is 9.89. The van der Waals surface area contributed by atoms with E-state index in [-0.39, 0.29) is 13.2 Å². The van der Waals surface area contributed by atoms with Crippen molar-refractivity contribution in [1.29, 1.82) is 0 Å². The monoisotopic (exact) mass is 312 g/mol. The summed E-state index contributed by atoms with van der Waals surface area (Å²) in [5, 5.41) is 17.4. The van der Waals surface area contributed by atoms with Crippen LogP contribution in [0, 0.1) is 0 Å². The van der Waals surface area contributed by atoms with E-state index in [1.807, 2.05) is 42.5 Å². The molecule has 0 saturated carbocycles. The van der Waals surface area contributed by atoms with Crippen LogP contribution in [0.2, 0.25) is 0 Å². The topological polar surface area (TPSA) is 77.6 Å².